The first-order valence-electron chi connectivity index (χ1n) is 6.79. The van der Waals surface area contributed by atoms with Crippen LogP contribution in [0.5, 0.6) is 0 Å². The van der Waals surface area contributed by atoms with Crippen LogP contribution in [-0.2, 0) is 0 Å². The number of fused-ring (bicyclic) bond motifs is 1. The third kappa shape index (κ3) is 2.69. The van der Waals surface area contributed by atoms with Crippen LogP contribution in [0.4, 0.5) is 9.18 Å². The number of benzene rings is 1. The second-order valence-corrected chi connectivity index (χ2v) is 5.41. The molecule has 3 aromatic rings. The Morgan fingerprint density at radius 3 is 2.88 bits per heavy atom. The van der Waals surface area contributed by atoms with Gasteiger partial charge in [0.05, 0.1) is 28.2 Å². The summed E-state index contributed by atoms with van der Waals surface area (Å²) in [4.78, 5) is 28.0. The van der Waals surface area contributed by atoms with Crippen molar-refractivity contribution in [3.63, 3.8) is 0 Å². The molecule has 0 aliphatic rings. The van der Waals surface area contributed by atoms with E-state index in [0.29, 0.717) is 0 Å². The zero-order chi connectivity index (χ0) is 17.4. The predicted molar refractivity (Wildman–Crippen MR) is 84.0 cm³/mol. The number of amides is 1. The first-order valence-corrected chi connectivity index (χ1v) is 7.17. The quantitative estimate of drug-likeness (QED) is 0.669. The molecule has 1 aromatic carbocycles. The maximum atomic E-state index is 13.6. The first kappa shape index (κ1) is 15.9. The summed E-state index contributed by atoms with van der Waals surface area (Å²) in [7, 11) is 0. The SMILES string of the molecule is CC(NC(=O)O)c1nc2c(Cl)cc(F)cc2c(=O)n1-c1ccn[nH]1. The average Bonchev–Trinajstić information content (AvgIpc) is 3.01. The Bertz CT molecular complexity index is 986. The minimum Gasteiger partial charge on any atom is -0.465 e. The van der Waals surface area contributed by atoms with Crippen molar-refractivity contribution in [3.05, 3.63) is 51.4 Å². The van der Waals surface area contributed by atoms with E-state index in [1.165, 1.54) is 19.2 Å². The molecular weight excluding hydrogens is 341 g/mol. The van der Waals surface area contributed by atoms with Gasteiger partial charge >= 0.3 is 6.09 Å². The largest absolute Gasteiger partial charge is 0.465 e. The molecule has 0 aliphatic carbocycles. The number of nitrogens with one attached hydrogen (secondary N) is 2. The molecule has 3 rings (SSSR count). The summed E-state index contributed by atoms with van der Waals surface area (Å²) in [5.74, 6) is -0.316. The van der Waals surface area contributed by atoms with Crippen LogP contribution in [0.3, 0.4) is 0 Å². The summed E-state index contributed by atoms with van der Waals surface area (Å²) in [6.45, 7) is 1.52. The van der Waals surface area contributed by atoms with E-state index < -0.39 is 23.5 Å². The van der Waals surface area contributed by atoms with Crippen molar-refractivity contribution >= 4 is 28.6 Å². The van der Waals surface area contributed by atoms with E-state index in [0.717, 1.165) is 16.7 Å². The Labute approximate surface area is 138 Å². The monoisotopic (exact) mass is 351 g/mol. The highest BCUT2D eigenvalue weighted by Crippen LogP contribution is 2.24. The number of carbonyl (C=O) groups is 1. The Balaban J connectivity index is 2.38. The van der Waals surface area contributed by atoms with Gasteiger partial charge < -0.3 is 10.4 Å². The molecule has 124 valence electrons. The van der Waals surface area contributed by atoms with E-state index in [9.17, 15) is 14.0 Å². The lowest BCUT2D eigenvalue weighted by atomic mass is 10.2. The Morgan fingerprint density at radius 2 is 2.25 bits per heavy atom. The molecule has 0 saturated carbocycles. The van der Waals surface area contributed by atoms with E-state index in [1.54, 1.807) is 0 Å². The van der Waals surface area contributed by atoms with E-state index in [1.807, 2.05) is 0 Å². The topological polar surface area (TPSA) is 113 Å². The number of halogens is 2. The zero-order valence-corrected chi connectivity index (χ0v) is 13.0. The smallest absolute Gasteiger partial charge is 0.405 e. The molecule has 2 aromatic heterocycles. The van der Waals surface area contributed by atoms with Gasteiger partial charge in [0.15, 0.2) is 0 Å². The predicted octanol–water partition coefficient (Wildman–Crippen LogP) is 2.23. The van der Waals surface area contributed by atoms with E-state index in [2.05, 4.69) is 20.5 Å². The lowest BCUT2D eigenvalue weighted by molar-refractivity contribution is 0.190. The fourth-order valence-electron chi connectivity index (χ4n) is 2.38. The van der Waals surface area contributed by atoms with Crippen LogP contribution in [0, 0.1) is 5.82 Å². The summed E-state index contributed by atoms with van der Waals surface area (Å²) in [5.41, 5.74) is -0.507. The summed E-state index contributed by atoms with van der Waals surface area (Å²) >= 11 is 5.99. The van der Waals surface area contributed by atoms with Gasteiger partial charge in [-0.1, -0.05) is 11.6 Å². The second-order valence-electron chi connectivity index (χ2n) is 5.01. The number of hydrogen-bond donors (Lipinski definition) is 3. The highest BCUT2D eigenvalue weighted by molar-refractivity contribution is 6.35. The normalized spacial score (nSPS) is 12.3. The maximum absolute atomic E-state index is 13.6. The second kappa shape index (κ2) is 5.93. The Morgan fingerprint density at radius 1 is 1.50 bits per heavy atom. The van der Waals surface area contributed by atoms with Crippen molar-refractivity contribution in [2.75, 3.05) is 0 Å². The van der Waals surface area contributed by atoms with Crippen molar-refractivity contribution in [2.24, 2.45) is 0 Å². The molecule has 0 saturated heterocycles. The van der Waals surface area contributed by atoms with E-state index in [4.69, 9.17) is 16.7 Å². The summed E-state index contributed by atoms with van der Waals surface area (Å²) in [6, 6.07) is 2.75. The van der Waals surface area contributed by atoms with Crippen LogP contribution in [0.2, 0.25) is 5.02 Å². The van der Waals surface area contributed by atoms with Gasteiger partial charge in [0, 0.05) is 6.07 Å². The van der Waals surface area contributed by atoms with Gasteiger partial charge in [-0.25, -0.2) is 18.7 Å². The zero-order valence-electron chi connectivity index (χ0n) is 12.2. The first-order chi connectivity index (χ1) is 11.4. The Kier molecular flexibility index (Phi) is 3.94. The van der Waals surface area contributed by atoms with Gasteiger partial charge in [0.25, 0.3) is 5.56 Å². The molecule has 0 aliphatic heterocycles. The van der Waals surface area contributed by atoms with Gasteiger partial charge in [-0.05, 0) is 19.1 Å². The van der Waals surface area contributed by atoms with Crippen LogP contribution in [-0.4, -0.2) is 30.9 Å². The fourth-order valence-corrected chi connectivity index (χ4v) is 2.63. The number of aromatic nitrogens is 4. The van der Waals surface area contributed by atoms with Crippen LogP contribution < -0.4 is 10.9 Å². The molecule has 8 nitrogen and oxygen atoms in total. The van der Waals surface area contributed by atoms with Gasteiger partial charge in [0.1, 0.15) is 17.5 Å². The van der Waals surface area contributed by atoms with Gasteiger partial charge in [-0.15, -0.1) is 0 Å². The van der Waals surface area contributed by atoms with Gasteiger partial charge in [0.2, 0.25) is 0 Å². The summed E-state index contributed by atoms with van der Waals surface area (Å²) in [5, 5.41) is 17.5. The minimum atomic E-state index is -1.28. The highest BCUT2D eigenvalue weighted by Gasteiger charge is 2.21. The fraction of sp³-hybridized carbons (Fsp3) is 0.143. The molecule has 0 bridgehead atoms. The Hall–Kier alpha value is -2.94. The highest BCUT2D eigenvalue weighted by atomic mass is 35.5. The molecule has 24 heavy (non-hydrogen) atoms. The van der Waals surface area contributed by atoms with Crippen LogP contribution >= 0.6 is 11.6 Å². The van der Waals surface area contributed by atoms with Crippen LogP contribution in [0.1, 0.15) is 18.8 Å². The lowest BCUT2D eigenvalue weighted by Crippen LogP contribution is -2.32. The lowest BCUT2D eigenvalue weighted by Gasteiger charge is -2.17. The molecule has 1 amide bonds. The maximum Gasteiger partial charge on any atom is 0.405 e. The van der Waals surface area contributed by atoms with E-state index in [-0.39, 0.29) is 27.6 Å². The molecule has 0 radical (unpaired) electrons. The number of hydrogen-bond acceptors (Lipinski definition) is 4. The number of aromatic amines is 1. The molecule has 0 fully saturated rings. The van der Waals surface area contributed by atoms with Crippen molar-refractivity contribution in [3.8, 4) is 5.82 Å². The number of rotatable bonds is 3. The van der Waals surface area contributed by atoms with Gasteiger partial charge in [-0.3, -0.25) is 9.89 Å². The van der Waals surface area contributed by atoms with Crippen LogP contribution in [0.15, 0.2) is 29.2 Å². The van der Waals surface area contributed by atoms with Crippen molar-refractivity contribution < 1.29 is 14.3 Å². The van der Waals surface area contributed by atoms with Crippen molar-refractivity contribution in [2.45, 2.75) is 13.0 Å². The molecular formula is C14H11ClFN5O3. The molecule has 1 atom stereocenters. The number of nitrogens with zero attached hydrogens (tertiary/aromatic N) is 3. The van der Waals surface area contributed by atoms with Crippen LogP contribution in [0.25, 0.3) is 16.7 Å². The number of carboxylic acid groups (broad SMARTS) is 1. The summed E-state index contributed by atoms with van der Waals surface area (Å²) < 4.78 is 14.7. The molecule has 10 heteroatoms. The third-order valence-electron chi connectivity index (χ3n) is 3.37. The van der Waals surface area contributed by atoms with Crippen molar-refractivity contribution in [1.82, 2.24) is 25.1 Å². The molecule has 0 spiro atoms. The third-order valence-corrected chi connectivity index (χ3v) is 3.66. The summed E-state index contributed by atoms with van der Waals surface area (Å²) in [6.07, 6.45) is 0.141. The standard InChI is InChI=1S/C14H11ClFN5O3/c1-6(18-14(23)24)12-19-11-8(4-7(16)5-9(11)15)13(22)21(12)10-2-3-17-20-10/h2-6,18H,1H3,(H,17,20)(H,23,24). The molecule has 1 unspecified atom stereocenters. The van der Waals surface area contributed by atoms with Crippen molar-refractivity contribution in [1.29, 1.82) is 0 Å². The number of H-pyrrole nitrogens is 1. The molecule has 2 heterocycles. The average molecular weight is 352 g/mol. The van der Waals surface area contributed by atoms with E-state index >= 15 is 0 Å². The minimum absolute atomic E-state index is 0.0270. The molecule has 3 N–H and O–H groups in total. The van der Waals surface area contributed by atoms with Gasteiger partial charge in [-0.2, -0.15) is 5.10 Å².